The molecule has 0 unspecified atom stereocenters. The summed E-state index contributed by atoms with van der Waals surface area (Å²) in [6.07, 6.45) is 8.10. The van der Waals surface area contributed by atoms with Gasteiger partial charge in [-0.05, 0) is 29.2 Å². The Kier molecular flexibility index (Phi) is 4.03. The van der Waals surface area contributed by atoms with Gasteiger partial charge in [-0.15, -0.1) is 11.3 Å². The van der Waals surface area contributed by atoms with Crippen LogP contribution in [0.5, 0.6) is 0 Å². The summed E-state index contributed by atoms with van der Waals surface area (Å²) in [4.78, 5) is 4.83. The van der Waals surface area contributed by atoms with Crippen LogP contribution in [0.15, 0.2) is 79.1 Å². The summed E-state index contributed by atoms with van der Waals surface area (Å²) >= 11 is 1.72. The fraction of sp³-hybridized carbons (Fsp3) is 0.0435. The highest BCUT2D eigenvalue weighted by atomic mass is 32.1. The van der Waals surface area contributed by atoms with Gasteiger partial charge in [0.05, 0.1) is 23.0 Å². The lowest BCUT2D eigenvalue weighted by Gasteiger charge is -2.00. The van der Waals surface area contributed by atoms with Crippen LogP contribution in [-0.2, 0) is 6.54 Å². The van der Waals surface area contributed by atoms with E-state index < -0.39 is 0 Å². The normalized spacial score (nSPS) is 11.7. The Morgan fingerprint density at radius 3 is 2.67 bits per heavy atom. The molecule has 0 aliphatic rings. The van der Waals surface area contributed by atoms with Crippen LogP contribution in [0.4, 0.5) is 0 Å². The fourth-order valence-electron chi connectivity index (χ4n) is 3.24. The highest BCUT2D eigenvalue weighted by Crippen LogP contribution is 2.30. The number of aromatic nitrogens is 3. The van der Waals surface area contributed by atoms with Crippen LogP contribution in [0.3, 0.4) is 0 Å². The lowest BCUT2D eigenvalue weighted by molar-refractivity contribution is 0.687. The van der Waals surface area contributed by atoms with Crippen molar-refractivity contribution in [3.8, 4) is 0 Å². The molecular weight excluding hydrogens is 350 g/mol. The van der Waals surface area contributed by atoms with E-state index in [0.29, 0.717) is 0 Å². The maximum Gasteiger partial charge on any atom is 0.117 e. The first kappa shape index (κ1) is 16.0. The van der Waals surface area contributed by atoms with E-state index in [1.54, 1.807) is 11.3 Å². The fourth-order valence-corrected chi connectivity index (χ4v) is 4.13. The molecule has 0 aliphatic heterocycles. The van der Waals surface area contributed by atoms with Crippen LogP contribution >= 0.6 is 11.3 Å². The van der Waals surface area contributed by atoms with E-state index in [1.807, 2.05) is 16.9 Å². The van der Waals surface area contributed by atoms with Crippen LogP contribution in [0, 0.1) is 0 Å². The summed E-state index contributed by atoms with van der Waals surface area (Å²) in [5.41, 5.74) is 3.40. The third-order valence-corrected chi connectivity index (χ3v) is 5.54. The van der Waals surface area contributed by atoms with Gasteiger partial charge in [0.1, 0.15) is 5.01 Å². The molecule has 2 aromatic heterocycles. The van der Waals surface area contributed by atoms with Crippen molar-refractivity contribution in [2.45, 2.75) is 6.54 Å². The lowest BCUT2D eigenvalue weighted by Crippen LogP contribution is -1.99. The molecule has 4 heteroatoms. The molecule has 0 atom stereocenters. The Morgan fingerprint density at radius 1 is 0.889 bits per heavy atom. The first-order valence-electron chi connectivity index (χ1n) is 8.88. The summed E-state index contributed by atoms with van der Waals surface area (Å²) in [6.45, 7) is 0.780. The smallest absolute Gasteiger partial charge is 0.117 e. The van der Waals surface area contributed by atoms with Gasteiger partial charge in [-0.2, -0.15) is 5.10 Å². The molecular formula is C23H17N3S. The molecule has 27 heavy (non-hydrogen) atoms. The highest BCUT2D eigenvalue weighted by Gasteiger charge is 2.05. The Hall–Kier alpha value is -3.24. The molecule has 0 saturated carbocycles. The first-order valence-corrected chi connectivity index (χ1v) is 9.69. The van der Waals surface area contributed by atoms with Gasteiger partial charge in [0.25, 0.3) is 0 Å². The maximum absolute atomic E-state index is 4.83. The van der Waals surface area contributed by atoms with Crippen LogP contribution in [0.2, 0.25) is 0 Å². The third-order valence-electron chi connectivity index (χ3n) is 4.56. The molecule has 3 nitrogen and oxygen atoms in total. The first-order chi connectivity index (χ1) is 13.3. The molecule has 0 amide bonds. The van der Waals surface area contributed by atoms with E-state index in [-0.39, 0.29) is 0 Å². The Bertz CT molecular complexity index is 1250. The molecule has 2 heterocycles. The number of benzene rings is 3. The largest absolute Gasteiger partial charge is 0.268 e. The van der Waals surface area contributed by atoms with Gasteiger partial charge < -0.3 is 0 Å². The zero-order valence-corrected chi connectivity index (χ0v) is 15.4. The van der Waals surface area contributed by atoms with Gasteiger partial charge in [0.2, 0.25) is 0 Å². The number of hydrogen-bond donors (Lipinski definition) is 0. The number of fused-ring (bicyclic) bond motifs is 3. The summed E-state index contributed by atoms with van der Waals surface area (Å²) in [7, 11) is 0. The summed E-state index contributed by atoms with van der Waals surface area (Å²) in [5.74, 6) is 0. The summed E-state index contributed by atoms with van der Waals surface area (Å²) in [5, 5.41) is 7.91. The van der Waals surface area contributed by atoms with Crippen LogP contribution in [0.1, 0.15) is 16.1 Å². The third kappa shape index (κ3) is 3.27. The van der Waals surface area contributed by atoms with E-state index in [9.17, 15) is 0 Å². The minimum atomic E-state index is 0.780. The second kappa shape index (κ2) is 6.82. The van der Waals surface area contributed by atoms with Crippen molar-refractivity contribution in [2.75, 3.05) is 0 Å². The van der Waals surface area contributed by atoms with Crippen molar-refractivity contribution in [3.05, 3.63) is 95.3 Å². The van der Waals surface area contributed by atoms with Gasteiger partial charge in [-0.3, -0.25) is 4.68 Å². The number of nitrogens with zero attached hydrogens (tertiary/aromatic N) is 3. The predicted octanol–water partition coefficient (Wildman–Crippen LogP) is 5.86. The van der Waals surface area contributed by atoms with E-state index in [1.165, 1.54) is 21.0 Å². The SMILES string of the molecule is C(=C\c1nc2c(ccc3ccccc32)s1)/c1cnn(Cc2ccccc2)c1. The van der Waals surface area contributed by atoms with E-state index in [0.717, 1.165) is 22.6 Å². The zero-order valence-electron chi connectivity index (χ0n) is 14.6. The van der Waals surface area contributed by atoms with E-state index in [2.05, 4.69) is 84.1 Å². The standard InChI is InChI=1S/C23H17N3S/c1-2-6-17(7-3-1)15-26-16-18(14-24-26)10-13-22-25-23-20-9-5-4-8-19(20)11-12-21(23)27-22/h1-14,16H,15H2/b13-10+. The van der Waals surface area contributed by atoms with Crippen molar-refractivity contribution in [2.24, 2.45) is 0 Å². The Balaban J connectivity index is 1.40. The van der Waals surface area contributed by atoms with Gasteiger partial charge in [0.15, 0.2) is 0 Å². The van der Waals surface area contributed by atoms with Crippen LogP contribution in [0.25, 0.3) is 33.1 Å². The molecule has 0 spiro atoms. The highest BCUT2D eigenvalue weighted by molar-refractivity contribution is 7.19. The zero-order chi connectivity index (χ0) is 18.1. The minimum absolute atomic E-state index is 0.780. The second-order valence-corrected chi connectivity index (χ2v) is 7.54. The van der Waals surface area contributed by atoms with Crippen LogP contribution in [-0.4, -0.2) is 14.8 Å². The average Bonchev–Trinajstić information content (AvgIpc) is 3.33. The Morgan fingerprint density at radius 2 is 1.74 bits per heavy atom. The van der Waals surface area contributed by atoms with Crippen molar-refractivity contribution in [3.63, 3.8) is 0 Å². The molecule has 0 fully saturated rings. The number of rotatable bonds is 4. The van der Waals surface area contributed by atoms with Gasteiger partial charge >= 0.3 is 0 Å². The average molecular weight is 367 g/mol. The molecule has 0 aliphatic carbocycles. The molecule has 5 rings (SSSR count). The number of hydrogen-bond acceptors (Lipinski definition) is 3. The minimum Gasteiger partial charge on any atom is -0.268 e. The van der Waals surface area contributed by atoms with Gasteiger partial charge in [0, 0.05) is 17.1 Å². The molecule has 5 aromatic rings. The van der Waals surface area contributed by atoms with Crippen molar-refractivity contribution >= 4 is 44.5 Å². The van der Waals surface area contributed by atoms with Gasteiger partial charge in [-0.25, -0.2) is 4.98 Å². The van der Waals surface area contributed by atoms with E-state index >= 15 is 0 Å². The lowest BCUT2D eigenvalue weighted by atomic mass is 10.1. The summed E-state index contributed by atoms with van der Waals surface area (Å²) < 4.78 is 3.18. The molecule has 0 bridgehead atoms. The van der Waals surface area contributed by atoms with Crippen molar-refractivity contribution in [1.82, 2.24) is 14.8 Å². The van der Waals surface area contributed by atoms with Gasteiger partial charge in [-0.1, -0.05) is 60.7 Å². The molecule has 0 N–H and O–H groups in total. The van der Waals surface area contributed by atoms with E-state index in [4.69, 9.17) is 4.98 Å². The number of thiazole rings is 1. The summed E-state index contributed by atoms with van der Waals surface area (Å²) in [6, 6.07) is 23.1. The molecule has 0 saturated heterocycles. The monoisotopic (exact) mass is 367 g/mol. The van der Waals surface area contributed by atoms with Crippen molar-refractivity contribution < 1.29 is 0 Å². The Labute approximate surface area is 161 Å². The molecule has 3 aromatic carbocycles. The maximum atomic E-state index is 4.83. The molecule has 130 valence electrons. The van der Waals surface area contributed by atoms with Crippen molar-refractivity contribution in [1.29, 1.82) is 0 Å². The molecule has 0 radical (unpaired) electrons. The quantitative estimate of drug-likeness (QED) is 0.398. The topological polar surface area (TPSA) is 30.7 Å². The predicted molar refractivity (Wildman–Crippen MR) is 114 cm³/mol. The van der Waals surface area contributed by atoms with Crippen LogP contribution < -0.4 is 0 Å². The second-order valence-electron chi connectivity index (χ2n) is 6.48.